The van der Waals surface area contributed by atoms with Gasteiger partial charge < -0.3 is 30.1 Å². The zero-order valence-corrected chi connectivity index (χ0v) is 27.1. The van der Waals surface area contributed by atoms with Crippen LogP contribution in [-0.2, 0) is 32.2 Å². The van der Waals surface area contributed by atoms with Crippen LogP contribution >= 0.6 is 11.8 Å². The lowest BCUT2D eigenvalue weighted by atomic mass is 9.99. The Balaban J connectivity index is 1.26. The standard InChI is InChI=1S/C37H38N2O8S/c40-22-24-10-12-27(13-11-24)32-20-30(23-48-35-31(36(44)45)7-4-18-38-35)46-37(47-32)28-16-14-26(15-17-28)29-6-3-5-25(19-29)21-39-33(41)8-1-2-9-34(42)43/h3-7,10-19,30,32,37,40H,1-2,8-9,20-23H2,(H,39,41)(H,42,43)(H,44,45)/t30-,32+,37+/m1/s1. The molecule has 5 rings (SSSR count). The van der Waals surface area contributed by atoms with Crippen molar-refractivity contribution < 1.29 is 39.2 Å². The first kappa shape index (κ1) is 34.8. The number of amides is 1. The number of hydrogen-bond acceptors (Lipinski definition) is 8. The number of unbranched alkanes of at least 4 members (excludes halogenated alkanes) is 1. The summed E-state index contributed by atoms with van der Waals surface area (Å²) in [6, 6.07) is 26.6. The average Bonchev–Trinajstić information content (AvgIpc) is 3.11. The fourth-order valence-corrected chi connectivity index (χ4v) is 6.41. The highest BCUT2D eigenvalue weighted by Gasteiger charge is 2.32. The molecule has 0 spiro atoms. The second-order valence-corrected chi connectivity index (χ2v) is 12.5. The first-order valence-corrected chi connectivity index (χ1v) is 16.8. The van der Waals surface area contributed by atoms with Gasteiger partial charge in [-0.1, -0.05) is 66.7 Å². The molecule has 3 atom stereocenters. The topological polar surface area (TPSA) is 155 Å². The molecule has 10 nitrogen and oxygen atoms in total. The summed E-state index contributed by atoms with van der Waals surface area (Å²) >= 11 is 1.34. The normalized spacial score (nSPS) is 17.5. The number of carboxylic acids is 2. The SMILES string of the molecule is O=C(O)CCCCC(=O)NCc1cccc(-c2ccc([C@H]3O[C@@H](CSc4ncccc4C(=O)O)C[C@@H](c4ccc(CO)cc4)O3)cc2)c1. The number of rotatable bonds is 15. The molecule has 250 valence electrons. The van der Waals surface area contributed by atoms with E-state index in [9.17, 15) is 24.6 Å². The predicted octanol–water partition coefficient (Wildman–Crippen LogP) is 6.54. The summed E-state index contributed by atoms with van der Waals surface area (Å²) in [4.78, 5) is 38.9. The van der Waals surface area contributed by atoms with Crippen molar-refractivity contribution in [3.05, 3.63) is 119 Å². The Bertz CT molecular complexity index is 1700. The van der Waals surface area contributed by atoms with E-state index in [1.54, 1.807) is 12.3 Å². The molecule has 3 aromatic carbocycles. The summed E-state index contributed by atoms with van der Waals surface area (Å²) in [5.74, 6) is -1.51. The molecular formula is C37H38N2O8S. The molecule has 1 amide bonds. The van der Waals surface area contributed by atoms with Crippen LogP contribution in [0.3, 0.4) is 0 Å². The molecule has 2 heterocycles. The minimum Gasteiger partial charge on any atom is -0.481 e. The van der Waals surface area contributed by atoms with E-state index in [2.05, 4.69) is 10.3 Å². The lowest BCUT2D eigenvalue weighted by Crippen LogP contribution is -2.31. The van der Waals surface area contributed by atoms with Gasteiger partial charge in [0.2, 0.25) is 5.91 Å². The maximum absolute atomic E-state index is 12.2. The molecule has 11 heteroatoms. The fraction of sp³-hybridized carbons (Fsp3) is 0.297. The van der Waals surface area contributed by atoms with E-state index < -0.39 is 18.2 Å². The average molecular weight is 671 g/mol. The Morgan fingerprint density at radius 3 is 2.31 bits per heavy atom. The van der Waals surface area contributed by atoms with Gasteiger partial charge in [0, 0.05) is 43.3 Å². The number of carbonyl (C=O) groups excluding carboxylic acids is 1. The number of aliphatic hydroxyl groups excluding tert-OH is 1. The molecule has 4 N–H and O–H groups in total. The van der Waals surface area contributed by atoms with Gasteiger partial charge in [0.1, 0.15) is 5.03 Å². The van der Waals surface area contributed by atoms with Gasteiger partial charge in [-0.3, -0.25) is 9.59 Å². The fourth-order valence-electron chi connectivity index (χ4n) is 5.41. The molecule has 0 aliphatic carbocycles. The van der Waals surface area contributed by atoms with Crippen molar-refractivity contribution in [1.29, 1.82) is 0 Å². The van der Waals surface area contributed by atoms with Gasteiger partial charge in [-0.05, 0) is 58.9 Å². The number of benzene rings is 3. The third-order valence-electron chi connectivity index (χ3n) is 8.00. The van der Waals surface area contributed by atoms with E-state index in [1.807, 2.05) is 72.8 Å². The van der Waals surface area contributed by atoms with Crippen molar-refractivity contribution in [2.45, 2.75) is 68.8 Å². The summed E-state index contributed by atoms with van der Waals surface area (Å²) in [6.45, 7) is 0.326. The molecule has 1 fully saturated rings. The van der Waals surface area contributed by atoms with Crippen molar-refractivity contribution in [2.24, 2.45) is 0 Å². The van der Waals surface area contributed by atoms with Gasteiger partial charge >= 0.3 is 11.9 Å². The van der Waals surface area contributed by atoms with E-state index in [4.69, 9.17) is 14.6 Å². The third-order valence-corrected chi connectivity index (χ3v) is 9.14. The second-order valence-electron chi connectivity index (χ2n) is 11.5. The summed E-state index contributed by atoms with van der Waals surface area (Å²) < 4.78 is 12.9. The largest absolute Gasteiger partial charge is 0.481 e. The molecule has 1 aliphatic rings. The Morgan fingerprint density at radius 2 is 1.58 bits per heavy atom. The minimum atomic E-state index is -1.03. The lowest BCUT2D eigenvalue weighted by Gasteiger charge is -2.36. The number of nitrogens with one attached hydrogen (secondary N) is 1. The van der Waals surface area contributed by atoms with Gasteiger partial charge in [-0.25, -0.2) is 9.78 Å². The monoisotopic (exact) mass is 670 g/mol. The Kier molecular flexibility index (Phi) is 12.3. The van der Waals surface area contributed by atoms with E-state index in [1.165, 1.54) is 17.8 Å². The molecule has 1 saturated heterocycles. The zero-order valence-electron chi connectivity index (χ0n) is 26.3. The van der Waals surface area contributed by atoms with Crippen molar-refractivity contribution in [3.8, 4) is 11.1 Å². The summed E-state index contributed by atoms with van der Waals surface area (Å²) in [5, 5.41) is 31.2. The molecular weight excluding hydrogens is 632 g/mol. The van der Waals surface area contributed by atoms with E-state index in [-0.39, 0.29) is 36.7 Å². The molecule has 48 heavy (non-hydrogen) atoms. The number of carbonyl (C=O) groups is 3. The summed E-state index contributed by atoms with van der Waals surface area (Å²) in [7, 11) is 0. The summed E-state index contributed by atoms with van der Waals surface area (Å²) in [6.07, 6.45) is 2.29. The highest BCUT2D eigenvalue weighted by Crippen LogP contribution is 2.40. The van der Waals surface area contributed by atoms with Crippen LogP contribution in [0, 0.1) is 0 Å². The van der Waals surface area contributed by atoms with Crippen LogP contribution in [0.25, 0.3) is 11.1 Å². The van der Waals surface area contributed by atoms with Crippen LogP contribution in [0.4, 0.5) is 0 Å². The first-order valence-electron chi connectivity index (χ1n) is 15.8. The molecule has 0 bridgehead atoms. The second kappa shape index (κ2) is 17.0. The molecule has 0 radical (unpaired) electrons. The number of thioether (sulfide) groups is 1. The number of aromatic nitrogens is 1. The number of aliphatic hydroxyl groups is 1. The molecule has 1 aromatic heterocycles. The van der Waals surface area contributed by atoms with Crippen LogP contribution in [0.15, 0.2) is 96.2 Å². The maximum Gasteiger partial charge on any atom is 0.338 e. The van der Waals surface area contributed by atoms with Crippen LogP contribution in [0.1, 0.15) is 77.1 Å². The first-order chi connectivity index (χ1) is 23.3. The van der Waals surface area contributed by atoms with Crippen LogP contribution in [-0.4, -0.2) is 50.0 Å². The molecule has 0 saturated carbocycles. The molecule has 1 aliphatic heterocycles. The van der Waals surface area contributed by atoms with E-state index in [0.717, 1.165) is 33.4 Å². The van der Waals surface area contributed by atoms with Crippen LogP contribution in [0.5, 0.6) is 0 Å². The lowest BCUT2D eigenvalue weighted by molar-refractivity contribution is -0.245. The van der Waals surface area contributed by atoms with Crippen molar-refractivity contribution >= 4 is 29.6 Å². The smallest absolute Gasteiger partial charge is 0.338 e. The zero-order chi connectivity index (χ0) is 33.9. The Labute approximate surface area is 283 Å². The number of ether oxygens (including phenoxy) is 2. The van der Waals surface area contributed by atoms with Crippen molar-refractivity contribution in [2.75, 3.05) is 5.75 Å². The highest BCUT2D eigenvalue weighted by atomic mass is 32.2. The molecule has 0 unspecified atom stereocenters. The number of aliphatic carboxylic acids is 1. The number of pyridine rings is 1. The van der Waals surface area contributed by atoms with Gasteiger partial charge in [0.15, 0.2) is 6.29 Å². The number of hydrogen-bond donors (Lipinski definition) is 4. The number of nitrogens with zero attached hydrogens (tertiary/aromatic N) is 1. The summed E-state index contributed by atoms with van der Waals surface area (Å²) in [5.41, 5.74) is 5.67. The highest BCUT2D eigenvalue weighted by molar-refractivity contribution is 7.99. The predicted molar refractivity (Wildman–Crippen MR) is 180 cm³/mol. The maximum atomic E-state index is 12.2. The van der Waals surface area contributed by atoms with Gasteiger partial charge in [0.05, 0.1) is 24.4 Å². The Morgan fingerprint density at radius 1 is 0.833 bits per heavy atom. The van der Waals surface area contributed by atoms with Gasteiger partial charge in [-0.15, -0.1) is 11.8 Å². The molecule has 4 aromatic rings. The van der Waals surface area contributed by atoms with Crippen molar-refractivity contribution in [3.63, 3.8) is 0 Å². The quantitative estimate of drug-likeness (QED) is 0.0810. The van der Waals surface area contributed by atoms with Crippen LogP contribution in [0.2, 0.25) is 0 Å². The number of aromatic carboxylic acids is 1. The van der Waals surface area contributed by atoms with Crippen molar-refractivity contribution in [1.82, 2.24) is 10.3 Å². The Hall–Kier alpha value is -4.55. The van der Waals surface area contributed by atoms with Gasteiger partial charge in [-0.2, -0.15) is 0 Å². The van der Waals surface area contributed by atoms with Crippen LogP contribution < -0.4 is 5.32 Å². The van der Waals surface area contributed by atoms with Gasteiger partial charge in [0.25, 0.3) is 0 Å². The van der Waals surface area contributed by atoms with E-state index >= 15 is 0 Å². The van der Waals surface area contributed by atoms with E-state index in [0.29, 0.717) is 43.0 Å². The third kappa shape index (κ3) is 9.74. The number of carboxylic acid groups (broad SMARTS) is 2. The minimum absolute atomic E-state index is 0.0487.